The lowest BCUT2D eigenvalue weighted by atomic mass is 9.78. The van der Waals surface area contributed by atoms with Crippen molar-refractivity contribution in [1.29, 1.82) is 0 Å². The summed E-state index contributed by atoms with van der Waals surface area (Å²) in [6, 6.07) is 13.2. The van der Waals surface area contributed by atoms with Crippen LogP contribution in [0, 0.1) is 12.8 Å². The largest absolute Gasteiger partial charge is 0.467 e. The van der Waals surface area contributed by atoms with Gasteiger partial charge >= 0.3 is 0 Å². The Hall–Kier alpha value is -2.31. The maximum Gasteiger partial charge on any atom is 0.233 e. The number of aryl methyl sites for hydroxylation is 1. The van der Waals surface area contributed by atoms with Gasteiger partial charge < -0.3 is 15.0 Å². The predicted octanol–water partition coefficient (Wildman–Crippen LogP) is 3.90. The average molecular weight is 416 g/mol. The number of hydrogen-bond donors (Lipinski definition) is 1. The van der Waals surface area contributed by atoms with Gasteiger partial charge in [-0.05, 0) is 56.4 Å². The molecule has 7 heteroatoms. The Kier molecular flexibility index (Phi) is 4.51. The Balaban J connectivity index is 1.91. The highest BCUT2D eigenvalue weighted by atomic mass is 35.5. The molecule has 28 heavy (non-hydrogen) atoms. The van der Waals surface area contributed by atoms with Gasteiger partial charge in [-0.1, -0.05) is 29.3 Å². The summed E-state index contributed by atoms with van der Waals surface area (Å²) in [6.07, 6.45) is 0. The Morgan fingerprint density at radius 2 is 1.93 bits per heavy atom. The lowest BCUT2D eigenvalue weighted by Gasteiger charge is -2.56. The van der Waals surface area contributed by atoms with Crippen LogP contribution in [-0.2, 0) is 4.79 Å². The Morgan fingerprint density at radius 3 is 2.57 bits per heavy atom. The molecule has 0 aromatic heterocycles. The number of carbonyl (C=O) groups excluding carboxylic acids is 1. The highest BCUT2D eigenvalue weighted by Gasteiger charge is 2.59. The van der Waals surface area contributed by atoms with Crippen LogP contribution in [0.4, 0.5) is 5.69 Å². The van der Waals surface area contributed by atoms with Crippen LogP contribution >= 0.6 is 23.8 Å². The van der Waals surface area contributed by atoms with Crippen LogP contribution in [0.15, 0.2) is 42.5 Å². The van der Waals surface area contributed by atoms with E-state index in [9.17, 15) is 4.79 Å². The van der Waals surface area contributed by atoms with E-state index in [1.165, 1.54) is 0 Å². The van der Waals surface area contributed by atoms with Gasteiger partial charge in [-0.25, -0.2) is 0 Å². The molecule has 4 rings (SSSR count). The minimum atomic E-state index is -0.982. The third kappa shape index (κ3) is 2.83. The summed E-state index contributed by atoms with van der Waals surface area (Å²) in [5.74, 6) is 0.151. The van der Waals surface area contributed by atoms with Gasteiger partial charge in [-0.15, -0.1) is 0 Å². The van der Waals surface area contributed by atoms with Gasteiger partial charge in [0.25, 0.3) is 0 Å². The quantitative estimate of drug-likeness (QED) is 0.754. The van der Waals surface area contributed by atoms with E-state index in [-0.39, 0.29) is 11.9 Å². The van der Waals surface area contributed by atoms with Crippen LogP contribution < -0.4 is 15.0 Å². The zero-order valence-electron chi connectivity index (χ0n) is 16.2. The van der Waals surface area contributed by atoms with Gasteiger partial charge in [0.1, 0.15) is 11.7 Å². The smallest absolute Gasteiger partial charge is 0.233 e. The Bertz CT molecular complexity index is 963. The molecule has 1 fully saturated rings. The molecule has 1 saturated heterocycles. The molecular formula is C21H22ClN3O2S. The first kappa shape index (κ1) is 19.0. The molecular weight excluding hydrogens is 394 g/mol. The number of nitrogens with one attached hydrogen (secondary N) is 1. The van der Waals surface area contributed by atoms with E-state index in [2.05, 4.69) is 5.32 Å². The van der Waals surface area contributed by atoms with E-state index in [1.807, 2.05) is 55.1 Å². The van der Waals surface area contributed by atoms with E-state index in [0.29, 0.717) is 15.9 Å². The van der Waals surface area contributed by atoms with Crippen molar-refractivity contribution in [2.45, 2.75) is 25.6 Å². The number of rotatable bonds is 2. The molecule has 2 aliphatic rings. The second kappa shape index (κ2) is 6.64. The number of anilines is 1. The summed E-state index contributed by atoms with van der Waals surface area (Å²) in [5, 5.41) is 4.49. The fraction of sp³-hybridized carbons (Fsp3) is 0.333. The summed E-state index contributed by atoms with van der Waals surface area (Å²) in [6.45, 7) is 3.96. The molecule has 146 valence electrons. The molecule has 5 nitrogen and oxygen atoms in total. The van der Waals surface area contributed by atoms with Gasteiger partial charge in [-0.2, -0.15) is 0 Å². The predicted molar refractivity (Wildman–Crippen MR) is 115 cm³/mol. The van der Waals surface area contributed by atoms with Crippen LogP contribution in [0.2, 0.25) is 5.02 Å². The SMILES string of the molecule is Cc1ccc(N2C(=S)N[C@H]3c4cc(Cl)ccc4O[C@@]2(C)[C@@H]3C(=O)N(C)C)cc1. The van der Waals surface area contributed by atoms with Crippen LogP contribution in [0.5, 0.6) is 5.75 Å². The first-order valence-electron chi connectivity index (χ1n) is 9.09. The fourth-order valence-corrected chi connectivity index (χ4v) is 4.69. The first-order chi connectivity index (χ1) is 13.2. The maximum absolute atomic E-state index is 13.3. The van der Waals surface area contributed by atoms with Gasteiger partial charge in [0.05, 0.1) is 6.04 Å². The molecule has 0 saturated carbocycles. The minimum absolute atomic E-state index is 0.0368. The number of hydrogen-bond acceptors (Lipinski definition) is 3. The van der Waals surface area contributed by atoms with Crippen LogP contribution in [0.1, 0.15) is 24.1 Å². The number of amides is 1. The van der Waals surface area contributed by atoms with Gasteiger partial charge in [0.15, 0.2) is 10.8 Å². The molecule has 0 spiro atoms. The van der Waals surface area contributed by atoms with Crippen molar-refractivity contribution >= 4 is 40.5 Å². The highest BCUT2D eigenvalue weighted by Crippen LogP contribution is 2.50. The lowest BCUT2D eigenvalue weighted by Crippen LogP contribution is -2.72. The molecule has 2 aliphatic heterocycles. The number of ether oxygens (including phenoxy) is 1. The molecule has 0 unspecified atom stereocenters. The van der Waals surface area contributed by atoms with Crippen molar-refractivity contribution in [1.82, 2.24) is 10.2 Å². The molecule has 2 bridgehead atoms. The summed E-state index contributed by atoms with van der Waals surface area (Å²) in [5.41, 5.74) is 1.88. The van der Waals surface area contributed by atoms with Crippen LogP contribution in [0.25, 0.3) is 0 Å². The number of fused-ring (bicyclic) bond motifs is 4. The summed E-state index contributed by atoms with van der Waals surface area (Å²) >= 11 is 11.9. The molecule has 2 heterocycles. The second-order valence-electron chi connectivity index (χ2n) is 7.65. The van der Waals surface area contributed by atoms with Gasteiger partial charge in [0.2, 0.25) is 5.91 Å². The van der Waals surface area contributed by atoms with Crippen molar-refractivity contribution in [2.75, 3.05) is 19.0 Å². The number of halogens is 1. The number of thiocarbonyl (C=S) groups is 1. The molecule has 0 aliphatic carbocycles. The summed E-state index contributed by atoms with van der Waals surface area (Å²) in [7, 11) is 3.51. The van der Waals surface area contributed by atoms with Crippen molar-refractivity contribution in [3.05, 3.63) is 58.6 Å². The van der Waals surface area contributed by atoms with E-state index in [0.717, 1.165) is 16.8 Å². The molecule has 1 N–H and O–H groups in total. The standard InChI is InChI=1S/C21H22ClN3O2S/c1-12-5-8-14(9-6-12)25-20(28)23-18-15-11-13(22)7-10-16(15)27-21(25,2)17(18)19(26)24(3)4/h5-11,17-18H,1-4H3,(H,23,28)/t17-,18-,21-/m0/s1. The van der Waals surface area contributed by atoms with Crippen molar-refractivity contribution in [3.8, 4) is 5.75 Å². The highest BCUT2D eigenvalue weighted by molar-refractivity contribution is 7.80. The number of carbonyl (C=O) groups is 1. The molecule has 2 aromatic carbocycles. The molecule has 2 aromatic rings. The van der Waals surface area contributed by atoms with Gasteiger partial charge in [0, 0.05) is 30.4 Å². The van der Waals surface area contributed by atoms with Crippen molar-refractivity contribution in [3.63, 3.8) is 0 Å². The molecule has 3 atom stereocenters. The zero-order chi connectivity index (χ0) is 20.2. The molecule has 1 amide bonds. The van der Waals surface area contributed by atoms with E-state index in [1.54, 1.807) is 25.1 Å². The third-order valence-electron chi connectivity index (χ3n) is 5.46. The zero-order valence-corrected chi connectivity index (χ0v) is 17.8. The second-order valence-corrected chi connectivity index (χ2v) is 8.47. The van der Waals surface area contributed by atoms with E-state index < -0.39 is 11.6 Å². The normalized spacial score (nSPS) is 25.5. The monoisotopic (exact) mass is 415 g/mol. The van der Waals surface area contributed by atoms with E-state index >= 15 is 0 Å². The van der Waals surface area contributed by atoms with Crippen molar-refractivity contribution < 1.29 is 9.53 Å². The fourth-order valence-electron chi connectivity index (χ4n) is 4.09. The van der Waals surface area contributed by atoms with Crippen LogP contribution in [-0.4, -0.2) is 35.7 Å². The first-order valence-corrected chi connectivity index (χ1v) is 9.88. The van der Waals surface area contributed by atoms with Crippen molar-refractivity contribution in [2.24, 2.45) is 5.92 Å². The third-order valence-corrected chi connectivity index (χ3v) is 5.99. The lowest BCUT2D eigenvalue weighted by molar-refractivity contribution is -0.144. The summed E-state index contributed by atoms with van der Waals surface area (Å²) < 4.78 is 6.49. The number of nitrogens with zero attached hydrogens (tertiary/aromatic N) is 2. The average Bonchev–Trinajstić information content (AvgIpc) is 2.63. The Morgan fingerprint density at radius 1 is 1.25 bits per heavy atom. The minimum Gasteiger partial charge on any atom is -0.467 e. The van der Waals surface area contributed by atoms with E-state index in [4.69, 9.17) is 28.6 Å². The molecule has 0 radical (unpaired) electrons. The topological polar surface area (TPSA) is 44.8 Å². The maximum atomic E-state index is 13.3. The summed E-state index contributed by atoms with van der Waals surface area (Å²) in [4.78, 5) is 16.8. The number of benzene rings is 2. The van der Waals surface area contributed by atoms with Gasteiger partial charge in [-0.3, -0.25) is 9.69 Å². The van der Waals surface area contributed by atoms with Crippen LogP contribution in [0.3, 0.4) is 0 Å². The Labute approximate surface area is 175 Å².